The monoisotopic (exact) mass is 377 g/mol. The number of pyridine rings is 1. The first-order chi connectivity index (χ1) is 12.8. The van der Waals surface area contributed by atoms with Crippen LogP contribution in [0.1, 0.15) is 46.2 Å². The van der Waals surface area contributed by atoms with Gasteiger partial charge in [0.05, 0.1) is 18.2 Å². The highest BCUT2D eigenvalue weighted by Crippen LogP contribution is 2.16. The number of imidazole rings is 1. The quantitative estimate of drug-likeness (QED) is 0.739. The van der Waals surface area contributed by atoms with Gasteiger partial charge >= 0.3 is 6.09 Å². The first kappa shape index (κ1) is 20.7. The Morgan fingerprint density at radius 2 is 2.11 bits per heavy atom. The molecule has 7 heteroatoms. The van der Waals surface area contributed by atoms with E-state index in [0.29, 0.717) is 17.7 Å². The lowest BCUT2D eigenvalue weighted by atomic mass is 10.2. The van der Waals surface area contributed by atoms with E-state index in [-0.39, 0.29) is 13.2 Å². The normalized spacial score (nSPS) is 12.3. The molecule has 1 N–H and O–H groups in total. The third kappa shape index (κ3) is 6.92. The largest absolute Gasteiger partial charge is 0.488 e. The van der Waals surface area contributed by atoms with Crippen LogP contribution in [0, 0.1) is 0 Å². The van der Waals surface area contributed by atoms with Gasteiger partial charge in [-0.15, -0.1) is 0 Å². The maximum absolute atomic E-state index is 13.1. The fraction of sp³-hybridized carbons (Fsp3) is 0.500. The number of amides is 1. The van der Waals surface area contributed by atoms with Crippen LogP contribution in [0.25, 0.3) is 5.65 Å². The van der Waals surface area contributed by atoms with Crippen LogP contribution in [0.4, 0.5) is 9.18 Å². The van der Waals surface area contributed by atoms with E-state index in [4.69, 9.17) is 9.47 Å². The predicted octanol–water partition coefficient (Wildman–Crippen LogP) is 4.43. The predicted molar refractivity (Wildman–Crippen MR) is 103 cm³/mol. The second kappa shape index (κ2) is 9.39. The number of nitrogens with one attached hydrogen (secondary N) is 1. The molecule has 0 spiro atoms. The molecule has 27 heavy (non-hydrogen) atoms. The SMILES string of the molecule is CCCCc1cn2cc(OC/C(=C\F)CNC(=O)OC(C)(C)C)ccc2n1. The van der Waals surface area contributed by atoms with Crippen molar-refractivity contribution in [3.8, 4) is 5.75 Å². The number of carbonyl (C=O) groups excluding carboxylic acids is 1. The van der Waals surface area contributed by atoms with Gasteiger partial charge in [0.2, 0.25) is 0 Å². The third-order valence-corrected chi connectivity index (χ3v) is 3.70. The molecule has 2 heterocycles. The summed E-state index contributed by atoms with van der Waals surface area (Å²) in [6.45, 7) is 7.48. The van der Waals surface area contributed by atoms with Crippen LogP contribution in [0.5, 0.6) is 5.75 Å². The highest BCUT2D eigenvalue weighted by atomic mass is 19.1. The summed E-state index contributed by atoms with van der Waals surface area (Å²) in [5, 5.41) is 2.51. The molecule has 2 rings (SSSR count). The number of rotatable bonds is 8. The molecule has 1 amide bonds. The third-order valence-electron chi connectivity index (χ3n) is 3.70. The van der Waals surface area contributed by atoms with Gasteiger partial charge in [0.25, 0.3) is 0 Å². The molecule has 2 aromatic rings. The number of hydrogen-bond donors (Lipinski definition) is 1. The molecule has 0 fully saturated rings. The van der Waals surface area contributed by atoms with Crippen molar-refractivity contribution in [2.45, 2.75) is 52.6 Å². The Morgan fingerprint density at radius 1 is 1.33 bits per heavy atom. The first-order valence-corrected chi connectivity index (χ1v) is 9.16. The van der Waals surface area contributed by atoms with Crippen LogP contribution in [0.15, 0.2) is 36.4 Å². The van der Waals surface area contributed by atoms with Crippen molar-refractivity contribution in [1.29, 1.82) is 0 Å². The maximum Gasteiger partial charge on any atom is 0.407 e. The van der Waals surface area contributed by atoms with Gasteiger partial charge in [-0.3, -0.25) is 0 Å². The number of unbranched alkanes of at least 4 members (excludes halogenated alkanes) is 1. The summed E-state index contributed by atoms with van der Waals surface area (Å²) in [7, 11) is 0. The number of nitrogens with zero attached hydrogens (tertiary/aromatic N) is 2. The number of alkyl carbamates (subject to hydrolysis) is 1. The maximum atomic E-state index is 13.1. The Bertz CT molecular complexity index is 793. The second-order valence-corrected chi connectivity index (χ2v) is 7.38. The van der Waals surface area contributed by atoms with Crippen molar-refractivity contribution in [1.82, 2.24) is 14.7 Å². The van der Waals surface area contributed by atoms with Crippen LogP contribution in [-0.4, -0.2) is 34.2 Å². The van der Waals surface area contributed by atoms with Crippen molar-refractivity contribution in [2.75, 3.05) is 13.2 Å². The minimum atomic E-state index is -0.601. The van der Waals surface area contributed by atoms with E-state index < -0.39 is 11.7 Å². The fourth-order valence-electron chi connectivity index (χ4n) is 2.38. The molecule has 6 nitrogen and oxygen atoms in total. The molecule has 2 aromatic heterocycles. The van der Waals surface area contributed by atoms with E-state index in [1.54, 1.807) is 26.8 Å². The van der Waals surface area contributed by atoms with Crippen molar-refractivity contribution in [2.24, 2.45) is 0 Å². The summed E-state index contributed by atoms with van der Waals surface area (Å²) in [6, 6.07) is 3.66. The van der Waals surface area contributed by atoms with E-state index in [1.165, 1.54) is 0 Å². The molecular weight excluding hydrogens is 349 g/mol. The number of aromatic nitrogens is 2. The number of ether oxygens (including phenoxy) is 2. The second-order valence-electron chi connectivity index (χ2n) is 7.38. The number of halogens is 1. The number of fused-ring (bicyclic) bond motifs is 1. The standard InChI is InChI=1S/C20H28FN3O3/c1-5-6-7-16-12-24-13-17(8-9-18(24)23-16)26-14-15(10-21)11-22-19(25)27-20(2,3)4/h8-10,12-13H,5-7,11,14H2,1-4H3,(H,22,25)/b15-10-. The molecule has 0 atom stereocenters. The van der Waals surface area contributed by atoms with Gasteiger partial charge in [0.15, 0.2) is 0 Å². The van der Waals surface area contributed by atoms with Crippen LogP contribution >= 0.6 is 0 Å². The van der Waals surface area contributed by atoms with Crippen molar-refractivity contribution >= 4 is 11.7 Å². The van der Waals surface area contributed by atoms with Crippen LogP contribution in [0.2, 0.25) is 0 Å². The average molecular weight is 377 g/mol. The van der Waals surface area contributed by atoms with Gasteiger partial charge in [-0.1, -0.05) is 13.3 Å². The molecular formula is C20H28FN3O3. The number of carbonyl (C=O) groups is 1. The lowest BCUT2D eigenvalue weighted by Crippen LogP contribution is -2.34. The van der Waals surface area contributed by atoms with Crippen LogP contribution in [0.3, 0.4) is 0 Å². The van der Waals surface area contributed by atoms with E-state index in [1.807, 2.05) is 22.9 Å². The van der Waals surface area contributed by atoms with E-state index in [0.717, 1.165) is 30.6 Å². The Kier molecular flexibility index (Phi) is 7.21. The Morgan fingerprint density at radius 3 is 2.78 bits per heavy atom. The smallest absolute Gasteiger partial charge is 0.407 e. The summed E-state index contributed by atoms with van der Waals surface area (Å²) in [6.07, 6.45) is 6.81. The summed E-state index contributed by atoms with van der Waals surface area (Å²) in [5.74, 6) is 0.596. The highest BCUT2D eigenvalue weighted by molar-refractivity contribution is 5.68. The van der Waals surface area contributed by atoms with Crippen molar-refractivity contribution in [3.05, 3.63) is 42.1 Å². The van der Waals surface area contributed by atoms with Crippen molar-refractivity contribution < 1.29 is 18.7 Å². The minimum Gasteiger partial charge on any atom is -0.488 e. The Labute approximate surface area is 159 Å². The first-order valence-electron chi connectivity index (χ1n) is 9.16. The van der Waals surface area contributed by atoms with Gasteiger partial charge in [0.1, 0.15) is 23.6 Å². The number of hydrogen-bond acceptors (Lipinski definition) is 4. The topological polar surface area (TPSA) is 64.9 Å². The highest BCUT2D eigenvalue weighted by Gasteiger charge is 2.16. The average Bonchev–Trinajstić information content (AvgIpc) is 3.00. The fourth-order valence-corrected chi connectivity index (χ4v) is 2.38. The van der Waals surface area contributed by atoms with Crippen molar-refractivity contribution in [3.63, 3.8) is 0 Å². The zero-order valence-electron chi connectivity index (χ0n) is 16.4. The molecule has 148 valence electrons. The van der Waals surface area contributed by atoms with E-state index in [2.05, 4.69) is 17.2 Å². The molecule has 0 saturated carbocycles. The van der Waals surface area contributed by atoms with E-state index in [9.17, 15) is 9.18 Å². The Hall–Kier alpha value is -2.57. The molecule has 0 aliphatic heterocycles. The molecule has 0 aliphatic rings. The molecule has 0 aliphatic carbocycles. The van der Waals surface area contributed by atoms with E-state index >= 15 is 0 Å². The van der Waals surface area contributed by atoms with Gasteiger partial charge in [-0.05, 0) is 45.7 Å². The lowest BCUT2D eigenvalue weighted by molar-refractivity contribution is 0.0531. The Balaban J connectivity index is 1.89. The van der Waals surface area contributed by atoms with Gasteiger partial charge in [-0.2, -0.15) is 0 Å². The summed E-state index contributed by atoms with van der Waals surface area (Å²) >= 11 is 0. The van der Waals surface area contributed by atoms with Gasteiger partial charge < -0.3 is 19.2 Å². The van der Waals surface area contributed by atoms with Gasteiger partial charge in [-0.25, -0.2) is 14.2 Å². The summed E-state index contributed by atoms with van der Waals surface area (Å²) in [5.41, 5.74) is 1.59. The molecule has 0 bridgehead atoms. The zero-order chi connectivity index (χ0) is 19.9. The molecule has 0 aromatic carbocycles. The van der Waals surface area contributed by atoms with Crippen LogP contribution < -0.4 is 10.1 Å². The summed E-state index contributed by atoms with van der Waals surface area (Å²) < 4.78 is 25.7. The lowest BCUT2D eigenvalue weighted by Gasteiger charge is -2.20. The van der Waals surface area contributed by atoms with Crippen LogP contribution in [-0.2, 0) is 11.2 Å². The molecule has 0 saturated heterocycles. The zero-order valence-corrected chi connectivity index (χ0v) is 16.4. The molecule has 0 unspecified atom stereocenters. The van der Waals surface area contributed by atoms with Gasteiger partial charge in [0, 0.05) is 18.3 Å². The molecule has 0 radical (unpaired) electrons. The summed E-state index contributed by atoms with van der Waals surface area (Å²) in [4.78, 5) is 16.2. The minimum absolute atomic E-state index is 0.0138. The number of aryl methyl sites for hydroxylation is 1.